The normalized spacial score (nSPS) is 19.9. The van der Waals surface area contributed by atoms with Crippen LogP contribution in [0.1, 0.15) is 42.3 Å². The number of aromatic nitrogens is 5. The molecule has 39 heavy (non-hydrogen) atoms. The monoisotopic (exact) mass is 540 g/mol. The number of likely N-dealkylation sites (tertiary alicyclic amines) is 1. The van der Waals surface area contributed by atoms with Crippen LogP contribution >= 0.6 is 0 Å². The van der Waals surface area contributed by atoms with E-state index in [9.17, 15) is 18.0 Å². The molecule has 0 radical (unpaired) electrons. The van der Waals surface area contributed by atoms with E-state index in [1.165, 1.54) is 16.8 Å². The van der Waals surface area contributed by atoms with E-state index in [0.29, 0.717) is 43.3 Å². The standard InChI is InChI=1S/C28H31F3N6O2/c1-19-5-4-8-35(12-19)13-20-9-23(28(29,30)31)24-15-36(26(38)37(24)14-20)22-7-3-6-21(10-22)27(16-39-17-27)11-25-33-32-18-34(25)2/h3,6-7,9-10,14-15,18-19H,4-5,8,11-13,16-17H2,1-2H3/t19-/m0/s1. The summed E-state index contributed by atoms with van der Waals surface area (Å²) in [5.74, 6) is 1.31. The molecule has 0 amide bonds. The average molecular weight is 541 g/mol. The summed E-state index contributed by atoms with van der Waals surface area (Å²) in [4.78, 5) is 15.7. The van der Waals surface area contributed by atoms with E-state index in [2.05, 4.69) is 22.0 Å². The zero-order chi connectivity index (χ0) is 27.4. The Kier molecular flexibility index (Phi) is 6.38. The molecule has 206 valence electrons. The molecule has 0 spiro atoms. The minimum absolute atomic E-state index is 0.158. The summed E-state index contributed by atoms with van der Waals surface area (Å²) in [5, 5.41) is 8.17. The van der Waals surface area contributed by atoms with Crippen LogP contribution in [0.4, 0.5) is 13.2 Å². The largest absolute Gasteiger partial charge is 0.418 e. The first kappa shape index (κ1) is 25.8. The molecule has 3 aromatic heterocycles. The van der Waals surface area contributed by atoms with Gasteiger partial charge >= 0.3 is 11.9 Å². The van der Waals surface area contributed by atoms with Crippen molar-refractivity contribution in [1.82, 2.24) is 28.6 Å². The van der Waals surface area contributed by atoms with Gasteiger partial charge in [-0.1, -0.05) is 19.1 Å². The van der Waals surface area contributed by atoms with Crippen LogP contribution in [0.25, 0.3) is 11.2 Å². The van der Waals surface area contributed by atoms with Crippen molar-refractivity contribution in [2.45, 2.75) is 44.3 Å². The lowest BCUT2D eigenvalue weighted by atomic mass is 9.75. The summed E-state index contributed by atoms with van der Waals surface area (Å²) in [6.07, 6.45) is 2.63. The number of fused-ring (bicyclic) bond motifs is 1. The van der Waals surface area contributed by atoms with Crippen molar-refractivity contribution in [3.8, 4) is 5.69 Å². The number of alkyl halides is 3. The smallest absolute Gasteiger partial charge is 0.379 e. The van der Waals surface area contributed by atoms with Crippen molar-refractivity contribution < 1.29 is 17.9 Å². The van der Waals surface area contributed by atoms with E-state index < -0.39 is 17.4 Å². The lowest BCUT2D eigenvalue weighted by molar-refractivity contribution is -0.136. The molecule has 2 aliphatic rings. The number of rotatable bonds is 6. The van der Waals surface area contributed by atoms with Gasteiger partial charge < -0.3 is 9.30 Å². The van der Waals surface area contributed by atoms with Crippen molar-refractivity contribution in [2.75, 3.05) is 26.3 Å². The van der Waals surface area contributed by atoms with Gasteiger partial charge in [0.1, 0.15) is 12.2 Å². The fourth-order valence-corrected chi connectivity index (χ4v) is 5.91. The molecule has 1 aromatic carbocycles. The van der Waals surface area contributed by atoms with Gasteiger partial charge in [-0.3, -0.25) is 13.9 Å². The molecule has 11 heteroatoms. The SMILES string of the molecule is C[C@H]1CCCN(Cc2cc(C(F)(F)F)c3cn(-c4cccc(C5(Cc6nncn6C)COC5)c4)c(=O)n3c2)C1. The van der Waals surface area contributed by atoms with Gasteiger partial charge in [0.2, 0.25) is 0 Å². The highest BCUT2D eigenvalue weighted by atomic mass is 19.4. The molecule has 2 saturated heterocycles. The second kappa shape index (κ2) is 9.63. The van der Waals surface area contributed by atoms with Crippen LogP contribution in [0.2, 0.25) is 0 Å². The molecular weight excluding hydrogens is 509 g/mol. The molecule has 0 saturated carbocycles. The molecular formula is C28H31F3N6O2. The van der Waals surface area contributed by atoms with Gasteiger partial charge in [-0.25, -0.2) is 4.79 Å². The third-order valence-corrected chi connectivity index (χ3v) is 8.07. The zero-order valence-electron chi connectivity index (χ0n) is 22.0. The lowest BCUT2D eigenvalue weighted by Gasteiger charge is -2.41. The maximum absolute atomic E-state index is 14.2. The lowest BCUT2D eigenvalue weighted by Crippen LogP contribution is -2.49. The number of hydrogen-bond donors (Lipinski definition) is 0. The molecule has 0 N–H and O–H groups in total. The van der Waals surface area contributed by atoms with Crippen LogP contribution < -0.4 is 5.69 Å². The molecule has 0 aliphatic carbocycles. The van der Waals surface area contributed by atoms with E-state index >= 15 is 0 Å². The van der Waals surface area contributed by atoms with E-state index in [1.807, 2.05) is 29.8 Å². The van der Waals surface area contributed by atoms with Crippen molar-refractivity contribution in [2.24, 2.45) is 13.0 Å². The highest BCUT2D eigenvalue weighted by molar-refractivity contribution is 5.58. The topological polar surface area (TPSA) is 69.6 Å². The van der Waals surface area contributed by atoms with E-state index in [1.54, 1.807) is 18.6 Å². The highest BCUT2D eigenvalue weighted by Gasteiger charge is 2.42. The summed E-state index contributed by atoms with van der Waals surface area (Å²) in [6.45, 7) is 5.16. The number of hydrogen-bond acceptors (Lipinski definition) is 5. The zero-order valence-corrected chi connectivity index (χ0v) is 22.0. The third-order valence-electron chi connectivity index (χ3n) is 8.07. The Morgan fingerprint density at radius 3 is 2.67 bits per heavy atom. The average Bonchev–Trinajstić information content (AvgIpc) is 3.43. The Hall–Kier alpha value is -3.44. The number of ether oxygens (including phenoxy) is 1. The molecule has 8 nitrogen and oxygen atoms in total. The predicted octanol–water partition coefficient (Wildman–Crippen LogP) is 3.98. The van der Waals surface area contributed by atoms with E-state index in [0.717, 1.165) is 41.7 Å². The molecule has 6 rings (SSSR count). The van der Waals surface area contributed by atoms with Crippen molar-refractivity contribution in [1.29, 1.82) is 0 Å². The van der Waals surface area contributed by atoms with Gasteiger partial charge in [0.15, 0.2) is 0 Å². The number of imidazole rings is 1. The summed E-state index contributed by atoms with van der Waals surface area (Å²) >= 11 is 0. The second-order valence-electron chi connectivity index (χ2n) is 11.1. The van der Waals surface area contributed by atoms with Crippen LogP contribution in [0, 0.1) is 5.92 Å². The maximum atomic E-state index is 14.2. The summed E-state index contributed by atoms with van der Waals surface area (Å²) in [7, 11) is 1.88. The number of aryl methyl sites for hydroxylation is 1. The van der Waals surface area contributed by atoms with Crippen LogP contribution in [0.3, 0.4) is 0 Å². The summed E-state index contributed by atoms with van der Waals surface area (Å²) in [5.41, 5.74) is 0.0746. The van der Waals surface area contributed by atoms with E-state index in [4.69, 9.17) is 4.74 Å². The molecule has 0 bridgehead atoms. The number of benzene rings is 1. The summed E-state index contributed by atoms with van der Waals surface area (Å²) < 4.78 is 52.5. The van der Waals surface area contributed by atoms with E-state index in [-0.39, 0.29) is 10.9 Å². The van der Waals surface area contributed by atoms with Gasteiger partial charge in [-0.05, 0) is 54.6 Å². The Morgan fingerprint density at radius 1 is 1.18 bits per heavy atom. The van der Waals surface area contributed by atoms with Gasteiger partial charge in [0.05, 0.1) is 30.0 Å². The molecule has 1 atom stereocenters. The van der Waals surface area contributed by atoms with Crippen LogP contribution in [0.5, 0.6) is 0 Å². The third kappa shape index (κ3) is 4.78. The first-order valence-electron chi connectivity index (χ1n) is 13.2. The van der Waals surface area contributed by atoms with Gasteiger partial charge in [0, 0.05) is 44.4 Å². The minimum atomic E-state index is -4.60. The quantitative estimate of drug-likeness (QED) is 0.370. The van der Waals surface area contributed by atoms with Crippen LogP contribution in [-0.2, 0) is 36.3 Å². The molecule has 5 heterocycles. The fourth-order valence-electron chi connectivity index (χ4n) is 5.91. The number of nitrogens with zero attached hydrogens (tertiary/aromatic N) is 6. The first-order valence-corrected chi connectivity index (χ1v) is 13.2. The van der Waals surface area contributed by atoms with Gasteiger partial charge in [-0.15, -0.1) is 10.2 Å². The van der Waals surface area contributed by atoms with Gasteiger partial charge in [0.25, 0.3) is 0 Å². The van der Waals surface area contributed by atoms with Crippen molar-refractivity contribution >= 4 is 5.52 Å². The Bertz CT molecular complexity index is 1570. The molecule has 2 fully saturated rings. The Morgan fingerprint density at radius 2 is 2.00 bits per heavy atom. The van der Waals surface area contributed by atoms with Crippen molar-refractivity contribution in [3.05, 3.63) is 82.1 Å². The number of piperidine rings is 1. The Balaban J connectivity index is 1.40. The molecule has 4 aromatic rings. The Labute approximate surface area is 223 Å². The van der Waals surface area contributed by atoms with Crippen molar-refractivity contribution in [3.63, 3.8) is 0 Å². The fraction of sp³-hybridized carbons (Fsp3) is 0.464. The second-order valence-corrected chi connectivity index (χ2v) is 11.1. The highest BCUT2D eigenvalue weighted by Crippen LogP contribution is 2.37. The van der Waals surface area contributed by atoms with Crippen LogP contribution in [0.15, 0.2) is 53.8 Å². The summed E-state index contributed by atoms with van der Waals surface area (Å²) in [6, 6.07) is 8.58. The molecule has 0 unspecified atom stereocenters. The van der Waals surface area contributed by atoms with Crippen LogP contribution in [-0.4, -0.2) is 54.9 Å². The number of halogens is 3. The first-order chi connectivity index (χ1) is 18.6. The predicted molar refractivity (Wildman–Crippen MR) is 139 cm³/mol. The molecule has 2 aliphatic heterocycles. The maximum Gasteiger partial charge on any atom is 0.418 e. The van der Waals surface area contributed by atoms with Gasteiger partial charge in [-0.2, -0.15) is 13.2 Å². The number of pyridine rings is 1. The minimum Gasteiger partial charge on any atom is -0.379 e.